The molecule has 1 spiro atoms. The Bertz CT molecular complexity index is 955. The van der Waals surface area contributed by atoms with Gasteiger partial charge in [0.1, 0.15) is 5.75 Å². The summed E-state index contributed by atoms with van der Waals surface area (Å²) in [5.74, 6) is 0.967. The predicted molar refractivity (Wildman–Crippen MR) is 124 cm³/mol. The molecule has 0 N–H and O–H groups in total. The van der Waals surface area contributed by atoms with Gasteiger partial charge in [-0.15, -0.1) is 0 Å². The van der Waals surface area contributed by atoms with Gasteiger partial charge < -0.3 is 14.5 Å². The Morgan fingerprint density at radius 3 is 2.48 bits per heavy atom. The molecular weight excluding hydrogens is 458 g/mol. The Morgan fingerprint density at radius 1 is 1.13 bits per heavy atom. The topological polar surface area (TPSA) is 53.1 Å². The number of carbonyl (C=O) groups is 2. The van der Waals surface area contributed by atoms with Crippen LogP contribution >= 0.6 is 15.9 Å². The predicted octanol–water partition coefficient (Wildman–Crippen LogP) is 4.67. The van der Waals surface area contributed by atoms with E-state index in [1.807, 2.05) is 70.2 Å². The maximum absolute atomic E-state index is 13.6. The van der Waals surface area contributed by atoms with E-state index in [9.17, 15) is 9.59 Å². The number of hydrogen-bond acceptors (Lipinski definition) is 3. The van der Waals surface area contributed by atoms with Gasteiger partial charge in [0.05, 0.1) is 19.2 Å². The highest BCUT2D eigenvalue weighted by atomic mass is 79.9. The van der Waals surface area contributed by atoms with E-state index >= 15 is 0 Å². The fourth-order valence-corrected chi connectivity index (χ4v) is 4.90. The van der Waals surface area contributed by atoms with Crippen LogP contribution in [0.4, 0.5) is 10.5 Å². The molecule has 4 rings (SSSR count). The number of urea groups is 1. The summed E-state index contributed by atoms with van der Waals surface area (Å²) < 4.78 is 6.36. The smallest absolute Gasteiger partial charge is 0.325 e. The molecule has 0 unspecified atom stereocenters. The minimum Gasteiger partial charge on any atom is -0.497 e. The van der Waals surface area contributed by atoms with Crippen molar-refractivity contribution in [2.75, 3.05) is 31.6 Å². The molecule has 7 heteroatoms. The molecule has 2 aromatic rings. The molecule has 0 bridgehead atoms. The zero-order valence-electron chi connectivity index (χ0n) is 18.0. The minimum absolute atomic E-state index is 0.0143. The molecular formula is C24H28BrN3O3. The molecule has 2 aromatic carbocycles. The number of likely N-dealkylation sites (tertiary alicyclic amines) is 1. The third-order valence-electron chi connectivity index (χ3n) is 6.45. The third-order valence-corrected chi connectivity index (χ3v) is 6.98. The fraction of sp³-hybridized carbons (Fsp3) is 0.417. The zero-order chi connectivity index (χ0) is 22.0. The van der Waals surface area contributed by atoms with E-state index in [2.05, 4.69) is 15.9 Å². The highest BCUT2D eigenvalue weighted by molar-refractivity contribution is 9.10. The van der Waals surface area contributed by atoms with Gasteiger partial charge >= 0.3 is 6.03 Å². The third kappa shape index (κ3) is 4.28. The highest BCUT2D eigenvalue weighted by Crippen LogP contribution is 2.39. The summed E-state index contributed by atoms with van der Waals surface area (Å²) in [4.78, 5) is 31.7. The van der Waals surface area contributed by atoms with Crippen LogP contribution in [-0.2, 0) is 11.3 Å². The normalized spacial score (nSPS) is 18.0. The number of nitrogens with zero attached hydrogens (tertiary/aromatic N) is 3. The number of amides is 3. The second kappa shape index (κ2) is 8.91. The molecule has 6 nitrogen and oxygen atoms in total. The van der Waals surface area contributed by atoms with Gasteiger partial charge in [0.2, 0.25) is 5.91 Å². The van der Waals surface area contributed by atoms with Crippen LogP contribution < -0.4 is 9.64 Å². The molecule has 0 atom stereocenters. The summed E-state index contributed by atoms with van der Waals surface area (Å²) in [5.41, 5.74) is 1.64. The first-order valence-corrected chi connectivity index (χ1v) is 11.5. The van der Waals surface area contributed by atoms with E-state index in [0.29, 0.717) is 32.6 Å². The maximum Gasteiger partial charge on any atom is 0.325 e. The van der Waals surface area contributed by atoms with E-state index in [4.69, 9.17) is 4.74 Å². The average molecular weight is 486 g/mol. The Labute approximate surface area is 191 Å². The van der Waals surface area contributed by atoms with Crippen LogP contribution in [0.5, 0.6) is 5.75 Å². The van der Waals surface area contributed by atoms with E-state index in [1.165, 1.54) is 0 Å². The van der Waals surface area contributed by atoms with Crippen LogP contribution in [0.15, 0.2) is 53.0 Å². The zero-order valence-corrected chi connectivity index (χ0v) is 19.6. The van der Waals surface area contributed by atoms with E-state index < -0.39 is 0 Å². The molecule has 0 radical (unpaired) electrons. The summed E-state index contributed by atoms with van der Waals surface area (Å²) in [5, 5.41) is 0. The van der Waals surface area contributed by atoms with Crippen LogP contribution in [0.25, 0.3) is 0 Å². The number of piperidine rings is 1. The lowest BCUT2D eigenvalue weighted by molar-refractivity contribution is -0.133. The van der Waals surface area contributed by atoms with Gasteiger partial charge in [-0.1, -0.05) is 35.0 Å². The number of hydrogen-bond donors (Lipinski definition) is 0. The number of methoxy groups -OCH3 is 1. The van der Waals surface area contributed by atoms with Gasteiger partial charge in [-0.25, -0.2) is 4.79 Å². The first-order chi connectivity index (χ1) is 15.0. The first kappa shape index (κ1) is 21.7. The number of carbonyl (C=O) groups excluding carboxylic acids is 2. The van der Waals surface area contributed by atoms with Crippen molar-refractivity contribution in [1.82, 2.24) is 9.80 Å². The fourth-order valence-electron chi connectivity index (χ4n) is 4.63. The van der Waals surface area contributed by atoms with Gasteiger partial charge in [0.15, 0.2) is 0 Å². The standard InChI is InChI=1S/C24H28BrN3O3/c1-3-22(29)26-13-11-24(12-14-26)17-27(20-9-7-19(25)8-10-20)23(30)28(24)16-18-5-4-6-21(15-18)31-2/h4-10,15H,3,11-14,16-17H2,1-2H3. The van der Waals surface area contributed by atoms with E-state index in [-0.39, 0.29) is 17.5 Å². The summed E-state index contributed by atoms with van der Waals surface area (Å²) in [7, 11) is 1.65. The van der Waals surface area contributed by atoms with Gasteiger partial charge in [-0.2, -0.15) is 0 Å². The van der Waals surface area contributed by atoms with Crippen molar-refractivity contribution < 1.29 is 14.3 Å². The first-order valence-electron chi connectivity index (χ1n) is 10.7. The molecule has 0 aromatic heterocycles. The Morgan fingerprint density at radius 2 is 1.84 bits per heavy atom. The molecule has 2 saturated heterocycles. The Hall–Kier alpha value is -2.54. The molecule has 0 saturated carbocycles. The van der Waals surface area contributed by atoms with Crippen LogP contribution in [0.3, 0.4) is 0 Å². The summed E-state index contributed by atoms with van der Waals surface area (Å²) in [6.07, 6.45) is 2.08. The van der Waals surface area contributed by atoms with E-state index in [0.717, 1.165) is 34.3 Å². The number of anilines is 1. The van der Waals surface area contributed by atoms with Gasteiger partial charge in [-0.3, -0.25) is 9.69 Å². The molecule has 164 valence electrons. The van der Waals surface area contributed by atoms with Crippen molar-refractivity contribution in [3.8, 4) is 5.75 Å². The summed E-state index contributed by atoms with van der Waals surface area (Å²) >= 11 is 3.47. The lowest BCUT2D eigenvalue weighted by atomic mass is 9.86. The van der Waals surface area contributed by atoms with Gasteiger partial charge in [-0.05, 0) is 54.8 Å². The monoisotopic (exact) mass is 485 g/mol. The Balaban J connectivity index is 1.63. The Kier molecular flexibility index (Phi) is 6.23. The van der Waals surface area contributed by atoms with Crippen molar-refractivity contribution in [1.29, 1.82) is 0 Å². The number of rotatable bonds is 5. The second-order valence-corrected chi connectivity index (χ2v) is 9.16. The average Bonchev–Trinajstić information content (AvgIpc) is 3.06. The lowest BCUT2D eigenvalue weighted by Gasteiger charge is -2.43. The van der Waals surface area contributed by atoms with Gasteiger partial charge in [0, 0.05) is 36.2 Å². The molecule has 0 aliphatic carbocycles. The van der Waals surface area contributed by atoms with Crippen molar-refractivity contribution in [3.05, 3.63) is 58.6 Å². The van der Waals surface area contributed by atoms with Crippen LogP contribution in [-0.4, -0.2) is 54.0 Å². The van der Waals surface area contributed by atoms with Crippen molar-refractivity contribution in [3.63, 3.8) is 0 Å². The highest BCUT2D eigenvalue weighted by Gasteiger charge is 2.51. The molecule has 2 aliphatic rings. The largest absolute Gasteiger partial charge is 0.497 e. The SMILES string of the molecule is CCC(=O)N1CCC2(CC1)CN(c1ccc(Br)cc1)C(=O)N2Cc1cccc(OC)c1. The van der Waals surface area contributed by atoms with E-state index in [1.54, 1.807) is 7.11 Å². The summed E-state index contributed by atoms with van der Waals surface area (Å²) in [6, 6.07) is 15.8. The molecule has 3 amide bonds. The number of halogens is 1. The minimum atomic E-state index is -0.294. The quantitative estimate of drug-likeness (QED) is 0.618. The molecule has 2 aliphatic heterocycles. The van der Waals surface area contributed by atoms with Crippen LogP contribution in [0.1, 0.15) is 31.7 Å². The molecule has 31 heavy (non-hydrogen) atoms. The van der Waals surface area contributed by atoms with Crippen molar-refractivity contribution in [2.45, 2.75) is 38.3 Å². The summed E-state index contributed by atoms with van der Waals surface area (Å²) in [6.45, 7) is 4.41. The lowest BCUT2D eigenvalue weighted by Crippen LogP contribution is -2.55. The van der Waals surface area contributed by atoms with Crippen molar-refractivity contribution >= 4 is 33.6 Å². The van der Waals surface area contributed by atoms with Gasteiger partial charge in [0.25, 0.3) is 0 Å². The van der Waals surface area contributed by atoms with Crippen LogP contribution in [0.2, 0.25) is 0 Å². The number of benzene rings is 2. The number of ether oxygens (including phenoxy) is 1. The van der Waals surface area contributed by atoms with Crippen molar-refractivity contribution in [2.24, 2.45) is 0 Å². The molecule has 2 heterocycles. The van der Waals surface area contributed by atoms with Crippen LogP contribution in [0, 0.1) is 0 Å². The maximum atomic E-state index is 13.6. The second-order valence-electron chi connectivity index (χ2n) is 8.24. The molecule has 2 fully saturated rings.